The molecule has 0 spiro atoms. The minimum absolute atomic E-state index is 0.0860. The van der Waals surface area contributed by atoms with Gasteiger partial charge in [0.25, 0.3) is 5.91 Å². The van der Waals surface area contributed by atoms with Gasteiger partial charge in [0.1, 0.15) is 22.5 Å². The number of rotatable bonds is 8. The molecule has 0 aliphatic carbocycles. The highest BCUT2D eigenvalue weighted by atomic mass is 32.1. The first kappa shape index (κ1) is 20.9. The van der Waals surface area contributed by atoms with Gasteiger partial charge in [0.2, 0.25) is 5.75 Å². The number of hydrogen-bond donors (Lipinski definition) is 4. The van der Waals surface area contributed by atoms with Gasteiger partial charge in [-0.05, 0) is 26.7 Å². The third kappa shape index (κ3) is 4.65. The first-order valence-corrected chi connectivity index (χ1v) is 8.98. The van der Waals surface area contributed by atoms with Crippen molar-refractivity contribution in [3.63, 3.8) is 0 Å². The number of carbonyl (C=O) groups excluding carboxylic acids is 1. The van der Waals surface area contributed by atoms with E-state index in [4.69, 9.17) is 15.2 Å². The van der Waals surface area contributed by atoms with Crippen LogP contribution in [0, 0.1) is 0 Å². The Morgan fingerprint density at radius 2 is 1.93 bits per heavy atom. The number of pyridine rings is 1. The van der Waals surface area contributed by atoms with Crippen LogP contribution in [-0.4, -0.2) is 51.0 Å². The number of thiazole rings is 1. The van der Waals surface area contributed by atoms with Gasteiger partial charge in [0.05, 0.1) is 19.8 Å². The Hall–Kier alpha value is -2.43. The van der Waals surface area contributed by atoms with E-state index in [9.17, 15) is 20.1 Å². The Kier molecular flexibility index (Phi) is 6.24. The predicted octanol–water partition coefficient (Wildman–Crippen LogP) is 1.61. The van der Waals surface area contributed by atoms with Crippen LogP contribution in [0.25, 0.3) is 11.4 Å². The summed E-state index contributed by atoms with van der Waals surface area (Å²) in [5.74, 6) is -1.46. The number of nitrogens with zero attached hydrogens (tertiary/aromatic N) is 2. The molecule has 0 saturated heterocycles. The van der Waals surface area contributed by atoms with Crippen molar-refractivity contribution in [2.75, 3.05) is 14.2 Å². The van der Waals surface area contributed by atoms with Crippen molar-refractivity contribution < 1.29 is 29.6 Å². The molecule has 1 amide bonds. The molecule has 0 radical (unpaired) electrons. The van der Waals surface area contributed by atoms with Crippen molar-refractivity contribution in [2.24, 2.45) is 5.73 Å². The van der Waals surface area contributed by atoms with Gasteiger partial charge >= 0.3 is 0 Å². The summed E-state index contributed by atoms with van der Waals surface area (Å²) in [6.07, 6.45) is -0.147. The predicted molar refractivity (Wildman–Crippen MR) is 99.1 cm³/mol. The second kappa shape index (κ2) is 8.07. The highest BCUT2D eigenvalue weighted by Gasteiger charge is 2.27. The van der Waals surface area contributed by atoms with Crippen LogP contribution < -0.4 is 15.2 Å². The lowest BCUT2D eigenvalue weighted by Gasteiger charge is -2.18. The van der Waals surface area contributed by atoms with Gasteiger partial charge in [0, 0.05) is 5.38 Å². The number of nitrogens with two attached hydrogens (primary N) is 1. The van der Waals surface area contributed by atoms with E-state index < -0.39 is 23.4 Å². The van der Waals surface area contributed by atoms with E-state index in [1.165, 1.54) is 25.6 Å². The van der Waals surface area contributed by atoms with E-state index in [1.54, 1.807) is 19.2 Å². The molecule has 0 saturated carbocycles. The summed E-state index contributed by atoms with van der Waals surface area (Å²) >= 11 is 1.20. The van der Waals surface area contributed by atoms with Crippen molar-refractivity contribution in [1.29, 1.82) is 0 Å². The summed E-state index contributed by atoms with van der Waals surface area (Å²) in [7, 11) is 2.66. The average molecular weight is 397 g/mol. The zero-order chi connectivity index (χ0) is 20.4. The van der Waals surface area contributed by atoms with Crippen LogP contribution in [0.4, 0.5) is 0 Å². The standard InChI is InChI=1S/C17H23N3O6S/c1-17(2,24)6-5-9(21)16-19-8(7-27-16)10-13(25-3)14(26-4)12(22)11(20-10)15(18)23/h7,9,21-22,24H,5-6H2,1-4H3,(H2,18,23)/t9-/m1/s1. The number of aromatic hydroxyl groups is 1. The summed E-state index contributed by atoms with van der Waals surface area (Å²) < 4.78 is 10.4. The van der Waals surface area contributed by atoms with Gasteiger partial charge in [-0.2, -0.15) is 0 Å². The number of methoxy groups -OCH3 is 2. The maximum Gasteiger partial charge on any atom is 0.271 e. The lowest BCUT2D eigenvalue weighted by atomic mass is 10.0. The SMILES string of the molecule is COc1c(-c2csc([C@H](O)CCC(C)(C)O)n2)nc(C(N)=O)c(O)c1OC. The number of primary amides is 1. The summed E-state index contributed by atoms with van der Waals surface area (Å²) in [5.41, 5.74) is 4.48. The van der Waals surface area contributed by atoms with Crippen LogP contribution in [0.1, 0.15) is 48.3 Å². The van der Waals surface area contributed by atoms with Crippen molar-refractivity contribution >= 4 is 17.2 Å². The molecule has 0 fully saturated rings. The molecule has 2 rings (SSSR count). The second-order valence-corrected chi connectivity index (χ2v) is 7.42. The van der Waals surface area contributed by atoms with Gasteiger partial charge < -0.3 is 30.5 Å². The molecule has 27 heavy (non-hydrogen) atoms. The number of ether oxygens (including phenoxy) is 2. The topological polar surface area (TPSA) is 148 Å². The average Bonchev–Trinajstić information content (AvgIpc) is 3.08. The van der Waals surface area contributed by atoms with Crippen LogP contribution in [0.5, 0.6) is 17.2 Å². The van der Waals surface area contributed by atoms with Gasteiger partial charge in [-0.3, -0.25) is 4.79 Å². The Bertz CT molecular complexity index is 831. The third-order valence-corrected chi connectivity index (χ3v) is 4.75. The molecule has 9 nitrogen and oxygen atoms in total. The molecule has 10 heteroatoms. The molecule has 0 bridgehead atoms. The number of aromatic nitrogens is 2. The zero-order valence-electron chi connectivity index (χ0n) is 15.5. The molecule has 5 N–H and O–H groups in total. The highest BCUT2D eigenvalue weighted by molar-refractivity contribution is 7.10. The molecule has 0 aliphatic heterocycles. The number of aliphatic hydroxyl groups is 2. The van der Waals surface area contributed by atoms with Crippen LogP contribution in [0.3, 0.4) is 0 Å². The molecule has 2 aromatic heterocycles. The van der Waals surface area contributed by atoms with Gasteiger partial charge in [-0.15, -0.1) is 11.3 Å². The Labute approximate surface area is 160 Å². The quantitative estimate of drug-likeness (QED) is 0.525. The first-order chi connectivity index (χ1) is 12.6. The van der Waals surface area contributed by atoms with Crippen LogP contribution in [0.2, 0.25) is 0 Å². The summed E-state index contributed by atoms with van der Waals surface area (Å²) in [5, 5.41) is 32.3. The minimum atomic E-state index is -0.935. The molecule has 148 valence electrons. The summed E-state index contributed by atoms with van der Waals surface area (Å²) in [6, 6.07) is 0. The molecule has 0 aliphatic rings. The smallest absolute Gasteiger partial charge is 0.271 e. The molecular weight excluding hydrogens is 374 g/mol. The lowest BCUT2D eigenvalue weighted by Crippen LogP contribution is -2.19. The van der Waals surface area contributed by atoms with E-state index in [2.05, 4.69) is 9.97 Å². The fourth-order valence-corrected chi connectivity index (χ4v) is 3.25. The summed E-state index contributed by atoms with van der Waals surface area (Å²) in [6.45, 7) is 3.33. The number of carbonyl (C=O) groups is 1. The fraction of sp³-hybridized carbons (Fsp3) is 0.471. The Morgan fingerprint density at radius 1 is 1.30 bits per heavy atom. The van der Waals surface area contributed by atoms with Crippen LogP contribution in [0.15, 0.2) is 5.38 Å². The van der Waals surface area contributed by atoms with Crippen molar-refractivity contribution in [3.8, 4) is 28.6 Å². The molecule has 2 heterocycles. The second-order valence-electron chi connectivity index (χ2n) is 6.53. The molecular formula is C17H23N3O6S. The normalized spacial score (nSPS) is 12.7. The van der Waals surface area contributed by atoms with Crippen molar-refractivity contribution in [1.82, 2.24) is 9.97 Å². The monoisotopic (exact) mass is 397 g/mol. The largest absolute Gasteiger partial charge is 0.503 e. The van der Waals surface area contributed by atoms with Crippen molar-refractivity contribution in [2.45, 2.75) is 38.4 Å². The lowest BCUT2D eigenvalue weighted by molar-refractivity contribution is 0.0485. The number of aliphatic hydroxyl groups excluding tert-OH is 1. The van der Waals surface area contributed by atoms with Gasteiger partial charge in [-0.25, -0.2) is 9.97 Å². The Balaban J connectivity index is 2.45. The van der Waals surface area contributed by atoms with Crippen molar-refractivity contribution in [3.05, 3.63) is 16.1 Å². The van der Waals surface area contributed by atoms with Gasteiger partial charge in [-0.1, -0.05) is 0 Å². The third-order valence-electron chi connectivity index (χ3n) is 3.81. The number of amides is 1. The summed E-state index contributed by atoms with van der Waals surface area (Å²) in [4.78, 5) is 20.0. The van der Waals surface area contributed by atoms with E-state index >= 15 is 0 Å². The fourth-order valence-electron chi connectivity index (χ4n) is 2.43. The van der Waals surface area contributed by atoms with Gasteiger partial charge in [0.15, 0.2) is 17.2 Å². The highest BCUT2D eigenvalue weighted by Crippen LogP contribution is 2.44. The van der Waals surface area contributed by atoms with Crippen LogP contribution >= 0.6 is 11.3 Å². The number of hydrogen-bond acceptors (Lipinski definition) is 9. The molecule has 1 atom stereocenters. The maximum atomic E-state index is 11.6. The van der Waals surface area contributed by atoms with E-state index in [-0.39, 0.29) is 22.9 Å². The molecule has 0 aromatic carbocycles. The minimum Gasteiger partial charge on any atom is -0.503 e. The zero-order valence-corrected chi connectivity index (χ0v) is 16.3. The van der Waals surface area contributed by atoms with E-state index in [0.29, 0.717) is 23.5 Å². The Morgan fingerprint density at radius 3 is 2.44 bits per heavy atom. The first-order valence-electron chi connectivity index (χ1n) is 8.10. The molecule has 0 unspecified atom stereocenters. The maximum absolute atomic E-state index is 11.6. The van der Waals surface area contributed by atoms with E-state index in [1.807, 2.05) is 0 Å². The van der Waals surface area contributed by atoms with E-state index in [0.717, 1.165) is 0 Å². The van der Waals surface area contributed by atoms with Crippen LogP contribution in [-0.2, 0) is 0 Å². The molecule has 2 aromatic rings.